The Hall–Kier alpha value is -1.62. The zero-order valence-corrected chi connectivity index (χ0v) is 13.7. The molecule has 0 unspecified atom stereocenters. The van der Waals surface area contributed by atoms with Gasteiger partial charge < -0.3 is 10.6 Å². The zero-order chi connectivity index (χ0) is 15.8. The molecule has 2 rings (SSSR count). The molecule has 0 fully saturated rings. The van der Waals surface area contributed by atoms with Gasteiger partial charge in [-0.2, -0.15) is 5.10 Å². The summed E-state index contributed by atoms with van der Waals surface area (Å²) in [5.41, 5.74) is 1.50. The Morgan fingerprint density at radius 1 is 1.41 bits per heavy atom. The van der Waals surface area contributed by atoms with E-state index in [1.807, 2.05) is 16.9 Å². The van der Waals surface area contributed by atoms with Gasteiger partial charge in [0.05, 0.1) is 12.6 Å². The van der Waals surface area contributed by atoms with Gasteiger partial charge >= 0.3 is 0 Å². The lowest BCUT2D eigenvalue weighted by atomic mass is 9.97. The highest BCUT2D eigenvalue weighted by Gasteiger charge is 2.14. The first kappa shape index (κ1) is 16.7. The van der Waals surface area contributed by atoms with Crippen LogP contribution in [-0.2, 0) is 4.79 Å². The zero-order valence-electron chi connectivity index (χ0n) is 13.7. The van der Waals surface area contributed by atoms with Crippen LogP contribution in [0.5, 0.6) is 0 Å². The Bertz CT molecular complexity index is 481. The van der Waals surface area contributed by atoms with Crippen molar-refractivity contribution in [1.82, 2.24) is 20.4 Å². The van der Waals surface area contributed by atoms with E-state index in [0.717, 1.165) is 13.0 Å². The predicted molar refractivity (Wildman–Crippen MR) is 88.6 cm³/mol. The Morgan fingerprint density at radius 3 is 2.95 bits per heavy atom. The molecule has 1 heterocycles. The average molecular weight is 304 g/mol. The van der Waals surface area contributed by atoms with Gasteiger partial charge in [-0.25, -0.2) is 0 Å². The Morgan fingerprint density at radius 2 is 2.27 bits per heavy atom. The van der Waals surface area contributed by atoms with E-state index < -0.39 is 0 Å². The molecule has 2 atom stereocenters. The first-order chi connectivity index (χ1) is 10.7. The molecule has 0 bridgehead atoms. The van der Waals surface area contributed by atoms with Crippen molar-refractivity contribution in [3.8, 4) is 0 Å². The normalized spacial score (nSPS) is 17.6. The number of rotatable bonds is 8. The van der Waals surface area contributed by atoms with Gasteiger partial charge in [0, 0.05) is 25.0 Å². The SMILES string of the molecule is C[C@H](NCC(=O)NCCC1=CCCCC1)[C@H](C)n1cccn1. The molecule has 0 aliphatic heterocycles. The molecule has 22 heavy (non-hydrogen) atoms. The summed E-state index contributed by atoms with van der Waals surface area (Å²) in [6, 6.07) is 2.32. The molecule has 5 nitrogen and oxygen atoms in total. The molecule has 1 aromatic rings. The maximum absolute atomic E-state index is 11.9. The van der Waals surface area contributed by atoms with E-state index in [9.17, 15) is 4.79 Å². The summed E-state index contributed by atoms with van der Waals surface area (Å²) >= 11 is 0. The monoisotopic (exact) mass is 304 g/mol. The minimum absolute atomic E-state index is 0.0657. The van der Waals surface area contributed by atoms with E-state index >= 15 is 0 Å². The molecule has 1 aliphatic rings. The van der Waals surface area contributed by atoms with Gasteiger partial charge in [0.2, 0.25) is 5.91 Å². The summed E-state index contributed by atoms with van der Waals surface area (Å²) < 4.78 is 1.91. The van der Waals surface area contributed by atoms with Crippen molar-refractivity contribution in [2.75, 3.05) is 13.1 Å². The summed E-state index contributed by atoms with van der Waals surface area (Å²) in [5.74, 6) is 0.0657. The summed E-state index contributed by atoms with van der Waals surface area (Å²) in [6.45, 7) is 5.27. The van der Waals surface area contributed by atoms with Crippen LogP contribution in [0.4, 0.5) is 0 Å². The average Bonchev–Trinajstić information content (AvgIpc) is 3.07. The fourth-order valence-electron chi connectivity index (χ4n) is 2.73. The maximum Gasteiger partial charge on any atom is 0.233 e. The van der Waals surface area contributed by atoms with Crippen LogP contribution in [0.3, 0.4) is 0 Å². The minimum atomic E-state index is 0.0657. The third kappa shape index (κ3) is 5.30. The van der Waals surface area contributed by atoms with Crippen LogP contribution >= 0.6 is 0 Å². The lowest BCUT2D eigenvalue weighted by Crippen LogP contribution is -2.41. The van der Waals surface area contributed by atoms with Gasteiger partial charge in [0.15, 0.2) is 0 Å². The minimum Gasteiger partial charge on any atom is -0.355 e. The second kappa shape index (κ2) is 8.73. The molecule has 0 radical (unpaired) electrons. The lowest BCUT2D eigenvalue weighted by molar-refractivity contribution is -0.120. The van der Waals surface area contributed by atoms with E-state index in [4.69, 9.17) is 0 Å². The smallest absolute Gasteiger partial charge is 0.233 e. The van der Waals surface area contributed by atoms with Crippen molar-refractivity contribution in [2.24, 2.45) is 0 Å². The van der Waals surface area contributed by atoms with E-state index in [1.54, 1.807) is 6.20 Å². The number of carbonyl (C=O) groups excluding carboxylic acids is 1. The van der Waals surface area contributed by atoms with Gasteiger partial charge in [0.1, 0.15) is 0 Å². The summed E-state index contributed by atoms with van der Waals surface area (Å²) in [7, 11) is 0. The van der Waals surface area contributed by atoms with Crippen molar-refractivity contribution >= 4 is 5.91 Å². The van der Waals surface area contributed by atoms with Crippen LogP contribution in [0.1, 0.15) is 52.0 Å². The quantitative estimate of drug-likeness (QED) is 0.725. The number of amides is 1. The van der Waals surface area contributed by atoms with Crippen molar-refractivity contribution < 1.29 is 4.79 Å². The van der Waals surface area contributed by atoms with Crippen LogP contribution in [-0.4, -0.2) is 34.8 Å². The number of hydrogen-bond acceptors (Lipinski definition) is 3. The Labute approximate surface area is 133 Å². The molecule has 0 saturated heterocycles. The maximum atomic E-state index is 11.9. The first-order valence-electron chi connectivity index (χ1n) is 8.34. The number of aromatic nitrogens is 2. The van der Waals surface area contributed by atoms with Crippen molar-refractivity contribution in [2.45, 2.75) is 58.0 Å². The second-order valence-electron chi connectivity index (χ2n) is 6.10. The van der Waals surface area contributed by atoms with E-state index in [2.05, 4.69) is 35.7 Å². The molecule has 2 N–H and O–H groups in total. The lowest BCUT2D eigenvalue weighted by Gasteiger charge is -2.21. The molecule has 1 amide bonds. The molecular weight excluding hydrogens is 276 g/mol. The van der Waals surface area contributed by atoms with E-state index in [1.165, 1.54) is 31.3 Å². The largest absolute Gasteiger partial charge is 0.355 e. The Kier molecular flexibility index (Phi) is 6.65. The summed E-state index contributed by atoms with van der Waals surface area (Å²) in [4.78, 5) is 11.9. The second-order valence-corrected chi connectivity index (χ2v) is 6.10. The number of nitrogens with one attached hydrogen (secondary N) is 2. The van der Waals surface area contributed by atoms with Crippen molar-refractivity contribution in [3.63, 3.8) is 0 Å². The molecular formula is C17H28N4O. The van der Waals surface area contributed by atoms with Crippen LogP contribution in [0.15, 0.2) is 30.1 Å². The van der Waals surface area contributed by atoms with Gasteiger partial charge in [-0.05, 0) is 52.0 Å². The van der Waals surface area contributed by atoms with Crippen molar-refractivity contribution in [3.05, 3.63) is 30.1 Å². The fourth-order valence-corrected chi connectivity index (χ4v) is 2.73. The van der Waals surface area contributed by atoms with Gasteiger partial charge in [-0.3, -0.25) is 9.48 Å². The molecule has 1 aromatic heterocycles. The van der Waals surface area contributed by atoms with Crippen molar-refractivity contribution in [1.29, 1.82) is 0 Å². The van der Waals surface area contributed by atoms with Gasteiger partial charge in [-0.15, -0.1) is 0 Å². The fraction of sp³-hybridized carbons (Fsp3) is 0.647. The van der Waals surface area contributed by atoms with Gasteiger partial charge in [0.25, 0.3) is 0 Å². The third-order valence-electron chi connectivity index (χ3n) is 4.40. The van der Waals surface area contributed by atoms with Crippen LogP contribution in [0, 0.1) is 0 Å². The predicted octanol–water partition coefficient (Wildman–Crippen LogP) is 2.43. The highest BCUT2D eigenvalue weighted by atomic mass is 16.1. The van der Waals surface area contributed by atoms with Gasteiger partial charge in [-0.1, -0.05) is 11.6 Å². The number of nitrogens with zero attached hydrogens (tertiary/aromatic N) is 2. The number of carbonyl (C=O) groups is 1. The Balaban J connectivity index is 1.61. The third-order valence-corrected chi connectivity index (χ3v) is 4.40. The first-order valence-corrected chi connectivity index (χ1v) is 8.34. The number of allylic oxidation sites excluding steroid dienone is 1. The van der Waals surface area contributed by atoms with Crippen LogP contribution < -0.4 is 10.6 Å². The topological polar surface area (TPSA) is 59.0 Å². The molecule has 5 heteroatoms. The van der Waals surface area contributed by atoms with E-state index in [-0.39, 0.29) is 18.0 Å². The molecule has 0 aromatic carbocycles. The molecule has 0 saturated carbocycles. The molecule has 122 valence electrons. The highest BCUT2D eigenvalue weighted by Crippen LogP contribution is 2.19. The molecule has 1 aliphatic carbocycles. The standard InChI is InChI=1S/C17H28N4O/c1-14(15(2)21-12-6-10-20-21)19-13-17(22)18-11-9-16-7-4-3-5-8-16/h6-7,10,12,14-15,19H,3-5,8-9,11,13H2,1-2H3,(H,18,22)/t14-,15-/m0/s1. The van der Waals surface area contributed by atoms with E-state index in [0.29, 0.717) is 6.54 Å². The van der Waals surface area contributed by atoms with Crippen LogP contribution in [0.25, 0.3) is 0 Å². The number of hydrogen-bond donors (Lipinski definition) is 2. The molecule has 0 spiro atoms. The summed E-state index contributed by atoms with van der Waals surface area (Å²) in [6.07, 6.45) is 12.1. The highest BCUT2D eigenvalue weighted by molar-refractivity contribution is 5.78. The summed E-state index contributed by atoms with van der Waals surface area (Å²) in [5, 5.41) is 10.5. The van der Waals surface area contributed by atoms with Crippen LogP contribution in [0.2, 0.25) is 0 Å².